The topological polar surface area (TPSA) is 82.1 Å². The van der Waals surface area contributed by atoms with E-state index in [1.54, 1.807) is 0 Å². The van der Waals surface area contributed by atoms with E-state index < -0.39 is 41.3 Å². The van der Waals surface area contributed by atoms with Crippen molar-refractivity contribution in [2.75, 3.05) is 19.8 Å². The van der Waals surface area contributed by atoms with E-state index >= 15 is 0 Å². The van der Waals surface area contributed by atoms with Crippen LogP contribution in [0, 0.1) is 0 Å². The van der Waals surface area contributed by atoms with E-state index in [1.807, 2.05) is 20.8 Å². The molecule has 0 aliphatic rings. The van der Waals surface area contributed by atoms with Gasteiger partial charge in [0, 0.05) is 0 Å². The summed E-state index contributed by atoms with van der Waals surface area (Å²) in [4.78, 5) is 0. The molecule has 0 heterocycles. The first-order chi connectivity index (χ1) is 20.7. The van der Waals surface area contributed by atoms with E-state index in [-0.39, 0.29) is 0 Å². The van der Waals surface area contributed by atoms with Crippen molar-refractivity contribution in [3.63, 3.8) is 0 Å². The molecule has 45 heavy (non-hydrogen) atoms. The number of alkyl halides is 9. The lowest BCUT2D eigenvalue weighted by atomic mass is 10.1. The quantitative estimate of drug-likeness (QED) is 0.126. The number of hydrogen-bond acceptors (Lipinski definition) is 5. The van der Waals surface area contributed by atoms with E-state index in [2.05, 4.69) is 72.8 Å². The van der Waals surface area contributed by atoms with Crippen LogP contribution in [0.4, 0.5) is 39.5 Å². The zero-order valence-corrected chi connectivity index (χ0v) is 25.5. The van der Waals surface area contributed by atoms with Crippen molar-refractivity contribution in [3.05, 3.63) is 72.8 Å². The lowest BCUT2D eigenvalue weighted by Crippen LogP contribution is -2.63. The molecular formula is C28H28F9O6PS. The van der Waals surface area contributed by atoms with Gasteiger partial charge in [0.05, 0.1) is 19.8 Å². The third kappa shape index (κ3) is 8.73. The minimum atomic E-state index is -7.37. The van der Waals surface area contributed by atoms with E-state index in [1.165, 1.54) is 15.9 Å². The molecular weight excluding hydrogens is 666 g/mol. The molecule has 0 saturated carbocycles. The summed E-state index contributed by atoms with van der Waals surface area (Å²) in [7, 11) is -7.84. The molecule has 0 aliphatic carbocycles. The largest absolute Gasteiger partial charge is 0.494 e. The Balaban J connectivity index is 0.000000358. The van der Waals surface area contributed by atoms with E-state index in [0.717, 1.165) is 17.2 Å². The highest BCUT2D eigenvalue weighted by molar-refractivity contribution is 7.87. The lowest BCUT2D eigenvalue weighted by Gasteiger charge is -2.31. The van der Waals surface area contributed by atoms with Crippen molar-refractivity contribution >= 4 is 34.0 Å². The SMILES string of the molecule is CCOc1ccc(P(c2ccc(OCC)cc2)c2ccc(OCC)cc2)cc1.O=S(=O)(O)C(F)(F)C(F)(F)C(F)(F)C(F)(F)F. The van der Waals surface area contributed by atoms with Crippen LogP contribution in [-0.4, -0.2) is 56.1 Å². The number of halogens is 9. The monoisotopic (exact) mass is 694 g/mol. The lowest BCUT2D eigenvalue weighted by molar-refractivity contribution is -0.382. The van der Waals surface area contributed by atoms with Gasteiger partial charge in [-0.15, -0.1) is 0 Å². The van der Waals surface area contributed by atoms with E-state index in [0.29, 0.717) is 19.8 Å². The van der Waals surface area contributed by atoms with E-state index in [9.17, 15) is 47.9 Å². The Morgan fingerprint density at radius 3 is 1.02 bits per heavy atom. The zero-order valence-electron chi connectivity index (χ0n) is 23.8. The fourth-order valence-electron chi connectivity index (χ4n) is 3.54. The van der Waals surface area contributed by atoms with Crippen LogP contribution in [0.2, 0.25) is 0 Å². The third-order valence-corrected chi connectivity index (χ3v) is 9.01. The van der Waals surface area contributed by atoms with Crippen LogP contribution in [0.3, 0.4) is 0 Å². The van der Waals surface area contributed by atoms with Gasteiger partial charge in [-0.1, -0.05) is 36.4 Å². The molecule has 3 aromatic carbocycles. The maximum absolute atomic E-state index is 12.2. The summed E-state index contributed by atoms with van der Waals surface area (Å²) in [5.74, 6) is -12.0. The van der Waals surface area contributed by atoms with Gasteiger partial charge < -0.3 is 14.2 Å². The molecule has 0 radical (unpaired) electrons. The maximum atomic E-state index is 12.2. The Bertz CT molecular complexity index is 1350. The standard InChI is InChI=1S/C24H27O3P.C4HF9O3S/c1-4-25-19-7-13-22(14-8-19)28(23-15-9-20(10-16-23)26-5-2)24-17-11-21(12-18-24)27-6-3;5-1(6,3(9,10)11)2(7,8)4(12,13)17(14,15)16/h7-18H,4-6H2,1-3H3;(H,14,15,16). The van der Waals surface area contributed by atoms with Crippen LogP contribution in [0.25, 0.3) is 0 Å². The summed E-state index contributed by atoms with van der Waals surface area (Å²) in [5, 5.41) is -3.15. The second-order valence-electron chi connectivity index (χ2n) is 8.75. The molecule has 0 unspecified atom stereocenters. The van der Waals surface area contributed by atoms with Gasteiger partial charge in [-0.05, 0) is 81.0 Å². The van der Waals surface area contributed by atoms with Gasteiger partial charge in [-0.25, -0.2) is 0 Å². The van der Waals surface area contributed by atoms with Crippen LogP contribution in [-0.2, 0) is 10.1 Å². The Morgan fingerprint density at radius 1 is 0.556 bits per heavy atom. The molecule has 0 aliphatic heterocycles. The molecule has 3 rings (SSSR count). The van der Waals surface area contributed by atoms with Gasteiger partial charge in [0.1, 0.15) is 17.2 Å². The fourth-order valence-corrected chi connectivity index (χ4v) is 6.23. The Kier molecular flexibility index (Phi) is 12.6. The molecule has 0 spiro atoms. The summed E-state index contributed by atoms with van der Waals surface area (Å²) < 4.78 is 151. The summed E-state index contributed by atoms with van der Waals surface area (Å²) >= 11 is 0. The number of benzene rings is 3. The smallest absolute Gasteiger partial charge is 0.460 e. The highest BCUT2D eigenvalue weighted by Crippen LogP contribution is 2.54. The van der Waals surface area contributed by atoms with Crippen molar-refractivity contribution in [2.45, 2.75) is 44.0 Å². The molecule has 3 aromatic rings. The number of hydrogen-bond donors (Lipinski definition) is 1. The van der Waals surface area contributed by atoms with Gasteiger partial charge >= 0.3 is 33.4 Å². The fraction of sp³-hybridized carbons (Fsp3) is 0.357. The molecule has 0 amide bonds. The van der Waals surface area contributed by atoms with Gasteiger partial charge in [0.15, 0.2) is 0 Å². The molecule has 1 N–H and O–H groups in total. The molecule has 250 valence electrons. The Morgan fingerprint density at radius 2 is 0.822 bits per heavy atom. The zero-order chi connectivity index (χ0) is 34.3. The summed E-state index contributed by atoms with van der Waals surface area (Å²) in [6.45, 7) is 8.02. The van der Waals surface area contributed by atoms with Gasteiger partial charge in [-0.2, -0.15) is 47.9 Å². The molecule has 6 nitrogen and oxygen atoms in total. The van der Waals surface area contributed by atoms with Crippen molar-refractivity contribution in [2.24, 2.45) is 0 Å². The average molecular weight is 695 g/mol. The molecule has 17 heteroatoms. The van der Waals surface area contributed by atoms with Crippen molar-refractivity contribution in [1.29, 1.82) is 0 Å². The van der Waals surface area contributed by atoms with Crippen LogP contribution < -0.4 is 30.1 Å². The molecule has 0 bridgehead atoms. The molecule has 0 fully saturated rings. The normalized spacial score (nSPS) is 12.8. The highest BCUT2D eigenvalue weighted by atomic mass is 32.2. The maximum Gasteiger partial charge on any atom is 0.460 e. The first-order valence-corrected chi connectivity index (χ1v) is 15.7. The second-order valence-corrected chi connectivity index (χ2v) is 12.4. The van der Waals surface area contributed by atoms with Crippen molar-refractivity contribution in [1.82, 2.24) is 0 Å². The predicted molar refractivity (Wildman–Crippen MR) is 151 cm³/mol. The van der Waals surface area contributed by atoms with Crippen molar-refractivity contribution < 1.29 is 66.7 Å². The van der Waals surface area contributed by atoms with Crippen LogP contribution in [0.5, 0.6) is 17.2 Å². The summed E-state index contributed by atoms with van der Waals surface area (Å²) in [5.41, 5.74) is 0. The van der Waals surface area contributed by atoms with E-state index in [4.69, 9.17) is 18.8 Å². The van der Waals surface area contributed by atoms with Gasteiger partial charge in [-0.3, -0.25) is 4.55 Å². The summed E-state index contributed by atoms with van der Waals surface area (Å²) in [6.07, 6.45) is -7.13. The second kappa shape index (κ2) is 14.9. The molecule has 0 saturated heterocycles. The molecule has 0 aromatic heterocycles. The average Bonchev–Trinajstić information content (AvgIpc) is 2.95. The Labute approximate surface area is 254 Å². The van der Waals surface area contributed by atoms with Gasteiger partial charge in [0.25, 0.3) is 0 Å². The minimum absolute atomic E-state index is 0.673. The highest BCUT2D eigenvalue weighted by Gasteiger charge is 2.85. The summed E-state index contributed by atoms with van der Waals surface area (Å²) in [6, 6.07) is 25.3. The van der Waals surface area contributed by atoms with Crippen LogP contribution in [0.15, 0.2) is 72.8 Å². The van der Waals surface area contributed by atoms with Gasteiger partial charge in [0.2, 0.25) is 0 Å². The third-order valence-electron chi connectivity index (χ3n) is 5.66. The van der Waals surface area contributed by atoms with Crippen LogP contribution >= 0.6 is 7.92 Å². The van der Waals surface area contributed by atoms with Crippen LogP contribution in [0.1, 0.15) is 20.8 Å². The predicted octanol–water partition coefficient (Wildman–Crippen LogP) is 6.94. The number of ether oxygens (including phenoxy) is 3. The Hall–Kier alpha value is -3.23. The number of rotatable bonds is 12. The first-order valence-electron chi connectivity index (χ1n) is 12.9. The van der Waals surface area contributed by atoms with Crippen molar-refractivity contribution in [3.8, 4) is 17.2 Å². The minimum Gasteiger partial charge on any atom is -0.494 e. The molecule has 0 atom stereocenters. The first kappa shape index (κ1) is 38.0.